The Morgan fingerprint density at radius 2 is 1.21 bits per heavy atom. The maximum absolute atomic E-state index is 13.1. The first-order valence-electron chi connectivity index (χ1n) is 3.88. The average Bonchev–Trinajstić information content (AvgIpc) is 2.51. The van der Waals surface area contributed by atoms with E-state index in [2.05, 4.69) is 0 Å². The van der Waals surface area contributed by atoms with Gasteiger partial charge >= 0.3 is 11.1 Å². The van der Waals surface area contributed by atoms with Crippen LogP contribution in [0.3, 0.4) is 0 Å². The van der Waals surface area contributed by atoms with E-state index in [0.717, 1.165) is 4.52 Å². The average molecular weight is 200 g/mol. The number of nitrogens with zero attached hydrogens (tertiary/aromatic N) is 2. The Balaban J connectivity index is 3.25. The zero-order chi connectivity index (χ0) is 10.6. The summed E-state index contributed by atoms with van der Waals surface area (Å²) >= 11 is 0. The van der Waals surface area contributed by atoms with Crippen LogP contribution in [0.25, 0.3) is 0 Å². The van der Waals surface area contributed by atoms with Crippen molar-refractivity contribution in [2.24, 2.45) is 0 Å². The summed E-state index contributed by atoms with van der Waals surface area (Å²) < 4.78 is 27.5. The smallest absolute Gasteiger partial charge is 0.264 e. The molecule has 0 aliphatic rings. The van der Waals surface area contributed by atoms with E-state index in [-0.39, 0.29) is 11.4 Å². The summed E-state index contributed by atoms with van der Waals surface area (Å²) in [6.07, 6.45) is 0. The zero-order valence-electron chi connectivity index (χ0n) is 7.47. The van der Waals surface area contributed by atoms with E-state index in [1.165, 1.54) is 13.8 Å². The van der Waals surface area contributed by atoms with Crippen molar-refractivity contribution in [2.45, 2.75) is 13.8 Å². The maximum atomic E-state index is 13.1. The van der Waals surface area contributed by atoms with Crippen LogP contribution in [0.15, 0.2) is 9.59 Å². The SMILES string of the molecule is Cc1c(F)c(=O)n2c(=O)c(F)c(C)n12. The van der Waals surface area contributed by atoms with Crippen molar-refractivity contribution in [1.82, 2.24) is 9.03 Å². The van der Waals surface area contributed by atoms with Gasteiger partial charge in [-0.15, -0.1) is 0 Å². The van der Waals surface area contributed by atoms with Crippen LogP contribution in [0.2, 0.25) is 0 Å². The molecule has 0 radical (unpaired) electrons. The van der Waals surface area contributed by atoms with Crippen molar-refractivity contribution in [3.8, 4) is 0 Å². The molecule has 0 amide bonds. The fourth-order valence-electron chi connectivity index (χ4n) is 1.51. The van der Waals surface area contributed by atoms with Crippen molar-refractivity contribution in [3.63, 3.8) is 0 Å². The fraction of sp³-hybridized carbons (Fsp3) is 0.250. The first-order chi connectivity index (χ1) is 6.46. The quantitative estimate of drug-likeness (QED) is 0.605. The molecule has 0 saturated carbocycles. The Morgan fingerprint density at radius 3 is 1.50 bits per heavy atom. The molecule has 0 N–H and O–H groups in total. The number of rotatable bonds is 0. The standard InChI is InChI=1S/C8H6F2N2O2/c1-3-5(9)7(13)12-8(14)6(10)4(2)11(3)12/h1-2H3. The molecule has 0 bridgehead atoms. The third kappa shape index (κ3) is 0.753. The van der Waals surface area contributed by atoms with Crippen molar-refractivity contribution in [2.75, 3.05) is 0 Å². The van der Waals surface area contributed by atoms with Gasteiger partial charge in [-0.25, -0.2) is 4.52 Å². The summed E-state index contributed by atoms with van der Waals surface area (Å²) in [7, 11) is 0. The largest absolute Gasteiger partial charge is 0.310 e. The topological polar surface area (TPSA) is 43.0 Å². The minimum absolute atomic E-state index is 0.0616. The van der Waals surface area contributed by atoms with Gasteiger partial charge in [0.15, 0.2) is 0 Å². The molecule has 74 valence electrons. The lowest BCUT2D eigenvalue weighted by molar-refractivity contribution is 0.591. The van der Waals surface area contributed by atoms with Gasteiger partial charge in [0.05, 0.1) is 11.4 Å². The first-order valence-corrected chi connectivity index (χ1v) is 3.88. The number of halogens is 2. The van der Waals surface area contributed by atoms with Crippen LogP contribution in [-0.2, 0) is 0 Å². The second-order valence-corrected chi connectivity index (χ2v) is 3.03. The van der Waals surface area contributed by atoms with Gasteiger partial charge in [-0.2, -0.15) is 13.3 Å². The summed E-state index contributed by atoms with van der Waals surface area (Å²) in [6.45, 7) is 2.62. The minimum Gasteiger partial charge on any atom is -0.264 e. The Kier molecular flexibility index (Phi) is 1.52. The number of aryl methyl sites for hydroxylation is 2. The number of hydrogen-bond acceptors (Lipinski definition) is 2. The highest BCUT2D eigenvalue weighted by Crippen LogP contribution is 2.06. The van der Waals surface area contributed by atoms with E-state index in [1.807, 2.05) is 0 Å². The van der Waals surface area contributed by atoms with Crippen LogP contribution in [0.1, 0.15) is 11.4 Å². The van der Waals surface area contributed by atoms with E-state index in [0.29, 0.717) is 4.52 Å². The van der Waals surface area contributed by atoms with Gasteiger partial charge in [0.25, 0.3) is 0 Å². The highest BCUT2D eigenvalue weighted by Gasteiger charge is 2.21. The van der Waals surface area contributed by atoms with Crippen LogP contribution < -0.4 is 11.1 Å². The van der Waals surface area contributed by atoms with Gasteiger partial charge in [0.2, 0.25) is 11.6 Å². The summed E-state index contributed by atoms with van der Waals surface area (Å²) in [4.78, 5) is 22.3. The van der Waals surface area contributed by atoms with Crippen molar-refractivity contribution < 1.29 is 8.78 Å². The Labute approximate surface area is 76.3 Å². The molecule has 2 heterocycles. The van der Waals surface area contributed by atoms with Crippen molar-refractivity contribution in [3.05, 3.63) is 43.7 Å². The van der Waals surface area contributed by atoms with E-state index in [4.69, 9.17) is 0 Å². The number of fused-ring (bicyclic) bond motifs is 1. The zero-order valence-corrected chi connectivity index (χ0v) is 7.47. The van der Waals surface area contributed by atoms with Crippen LogP contribution >= 0.6 is 0 Å². The second-order valence-electron chi connectivity index (χ2n) is 3.03. The molecule has 6 heteroatoms. The molecule has 0 aliphatic carbocycles. The molecule has 4 nitrogen and oxygen atoms in total. The van der Waals surface area contributed by atoms with Gasteiger partial charge in [0, 0.05) is 0 Å². The lowest BCUT2D eigenvalue weighted by Gasteiger charge is -1.92. The molecule has 0 spiro atoms. The Hall–Kier alpha value is -1.72. The molecular formula is C8H6F2N2O2. The first kappa shape index (κ1) is 8.86. The summed E-state index contributed by atoms with van der Waals surface area (Å²) in [6, 6.07) is 0. The third-order valence-electron chi connectivity index (χ3n) is 2.23. The minimum atomic E-state index is -1.11. The van der Waals surface area contributed by atoms with E-state index < -0.39 is 22.8 Å². The number of hydrogen-bond donors (Lipinski definition) is 0. The van der Waals surface area contributed by atoms with Gasteiger partial charge in [0.1, 0.15) is 0 Å². The lowest BCUT2D eigenvalue weighted by atomic mass is 10.4. The number of aromatic nitrogens is 2. The normalized spacial score (nSPS) is 11.4. The van der Waals surface area contributed by atoms with Gasteiger partial charge in [-0.3, -0.25) is 9.59 Å². The maximum Gasteiger partial charge on any atom is 0.310 e. The fourth-order valence-corrected chi connectivity index (χ4v) is 1.51. The molecule has 0 atom stereocenters. The molecule has 0 aliphatic heterocycles. The van der Waals surface area contributed by atoms with E-state index >= 15 is 0 Å². The molecule has 0 aromatic carbocycles. The molecule has 0 saturated heterocycles. The molecule has 2 aromatic rings. The molecule has 2 rings (SSSR count). The Bertz CT molecular complexity index is 575. The second kappa shape index (κ2) is 2.40. The van der Waals surface area contributed by atoms with Crippen LogP contribution in [-0.4, -0.2) is 9.03 Å². The van der Waals surface area contributed by atoms with Crippen molar-refractivity contribution >= 4 is 0 Å². The van der Waals surface area contributed by atoms with Crippen LogP contribution in [0, 0.1) is 25.5 Å². The van der Waals surface area contributed by atoms with Gasteiger partial charge in [-0.1, -0.05) is 0 Å². The molecule has 2 aromatic heterocycles. The molecule has 0 unspecified atom stereocenters. The van der Waals surface area contributed by atoms with Gasteiger partial charge < -0.3 is 0 Å². The summed E-state index contributed by atoms with van der Waals surface area (Å²) in [5.74, 6) is -2.05. The summed E-state index contributed by atoms with van der Waals surface area (Å²) in [5, 5.41) is 0. The molecule has 14 heavy (non-hydrogen) atoms. The predicted octanol–water partition coefficient (Wildman–Crippen LogP) is 0.0920. The Morgan fingerprint density at radius 1 is 0.857 bits per heavy atom. The van der Waals surface area contributed by atoms with Crippen LogP contribution in [0.4, 0.5) is 8.78 Å². The van der Waals surface area contributed by atoms with Crippen LogP contribution in [0.5, 0.6) is 0 Å². The third-order valence-corrected chi connectivity index (χ3v) is 2.23. The lowest BCUT2D eigenvalue weighted by Crippen LogP contribution is -2.24. The highest BCUT2D eigenvalue weighted by molar-refractivity contribution is 5.14. The van der Waals surface area contributed by atoms with Gasteiger partial charge in [-0.05, 0) is 13.8 Å². The van der Waals surface area contributed by atoms with Crippen molar-refractivity contribution in [1.29, 1.82) is 0 Å². The molecule has 0 fully saturated rings. The summed E-state index contributed by atoms with van der Waals surface area (Å²) in [5.41, 5.74) is -2.35. The van der Waals surface area contributed by atoms with E-state index in [9.17, 15) is 18.4 Å². The molecular weight excluding hydrogens is 194 g/mol. The monoisotopic (exact) mass is 200 g/mol. The predicted molar refractivity (Wildman–Crippen MR) is 44.0 cm³/mol. The van der Waals surface area contributed by atoms with E-state index in [1.54, 1.807) is 0 Å². The highest BCUT2D eigenvalue weighted by atomic mass is 19.1.